The summed E-state index contributed by atoms with van der Waals surface area (Å²) in [5.74, 6) is -0.518. The highest BCUT2D eigenvalue weighted by molar-refractivity contribution is 6.05. The monoisotopic (exact) mass is 436 g/mol. The van der Waals surface area contributed by atoms with Gasteiger partial charge < -0.3 is 26.4 Å². The lowest BCUT2D eigenvalue weighted by molar-refractivity contribution is -0.127. The van der Waals surface area contributed by atoms with E-state index in [1.807, 2.05) is 30.3 Å². The first-order valence-corrected chi connectivity index (χ1v) is 10.4. The number of nitrogens with one attached hydrogen (secondary N) is 1. The second kappa shape index (κ2) is 7.90. The number of hydrogen-bond acceptors (Lipinski definition) is 7. The SMILES string of the molecule is NC1=NC(N(C(N)=Nc2ccc3c(c2)Cc2ccccc2-3)[C@H]2C[C@H](O)[C@@H](CO)O2)C(=O)N1. The summed E-state index contributed by atoms with van der Waals surface area (Å²) in [5.41, 5.74) is 17.4. The molecule has 0 spiro atoms. The Balaban J connectivity index is 1.47. The van der Waals surface area contributed by atoms with Gasteiger partial charge in [-0.15, -0.1) is 0 Å². The van der Waals surface area contributed by atoms with E-state index < -0.39 is 30.5 Å². The first kappa shape index (κ1) is 20.4. The van der Waals surface area contributed by atoms with Crippen molar-refractivity contribution in [2.45, 2.75) is 37.4 Å². The zero-order valence-corrected chi connectivity index (χ0v) is 17.2. The summed E-state index contributed by atoms with van der Waals surface area (Å²) in [6.45, 7) is -0.365. The number of fused-ring (bicyclic) bond motifs is 3. The highest BCUT2D eigenvalue weighted by Crippen LogP contribution is 2.38. The second-order valence-corrected chi connectivity index (χ2v) is 8.04. The molecular formula is C22H24N6O4. The quantitative estimate of drug-likeness (QED) is 0.278. The van der Waals surface area contributed by atoms with Gasteiger partial charge in [-0.2, -0.15) is 0 Å². The fourth-order valence-corrected chi connectivity index (χ4v) is 4.47. The number of aliphatic hydroxyl groups is 2. The molecule has 4 atom stereocenters. The number of nitrogens with zero attached hydrogens (tertiary/aromatic N) is 3. The Kier molecular flexibility index (Phi) is 5.04. The molecule has 0 aromatic heterocycles. The number of nitrogens with two attached hydrogens (primary N) is 2. The molecule has 5 rings (SSSR count). The van der Waals surface area contributed by atoms with Crippen molar-refractivity contribution in [1.29, 1.82) is 0 Å². The van der Waals surface area contributed by atoms with Crippen molar-refractivity contribution in [2.24, 2.45) is 21.5 Å². The lowest BCUT2D eigenvalue weighted by Crippen LogP contribution is -2.53. The van der Waals surface area contributed by atoms with E-state index >= 15 is 0 Å². The lowest BCUT2D eigenvalue weighted by atomic mass is 10.1. The molecule has 1 aliphatic carbocycles. The minimum Gasteiger partial charge on any atom is -0.394 e. The van der Waals surface area contributed by atoms with Gasteiger partial charge in [0, 0.05) is 6.42 Å². The molecule has 2 aromatic rings. The van der Waals surface area contributed by atoms with E-state index in [4.69, 9.17) is 16.2 Å². The summed E-state index contributed by atoms with van der Waals surface area (Å²) in [6, 6.07) is 14.1. The minimum atomic E-state index is -1.09. The summed E-state index contributed by atoms with van der Waals surface area (Å²) in [6.07, 6.45) is -2.67. The van der Waals surface area contributed by atoms with Gasteiger partial charge in [0.15, 0.2) is 5.96 Å². The van der Waals surface area contributed by atoms with Gasteiger partial charge in [-0.3, -0.25) is 15.0 Å². The third-order valence-corrected chi connectivity index (χ3v) is 5.99. The van der Waals surface area contributed by atoms with Gasteiger partial charge in [0.25, 0.3) is 5.91 Å². The molecule has 2 aliphatic heterocycles. The van der Waals surface area contributed by atoms with Crippen molar-refractivity contribution in [3.63, 3.8) is 0 Å². The first-order valence-electron chi connectivity index (χ1n) is 10.4. The van der Waals surface area contributed by atoms with Crippen LogP contribution in [0.3, 0.4) is 0 Å². The number of ether oxygens (including phenoxy) is 1. The standard InChI is InChI=1S/C22H24N6O4/c23-21-26-19(20(31)27-21)28(18-9-16(30)17(10-29)32-18)22(24)25-13-5-6-15-12(8-13)7-11-3-1-2-4-14(11)15/h1-6,8,16-19,29-30H,7,9-10H2,(H2,24,25)(H3,23,26,27,31)/t16-,17+,18+,19?/m0/s1. The average Bonchev–Trinajstić information content (AvgIpc) is 3.42. The van der Waals surface area contributed by atoms with Crippen LogP contribution >= 0.6 is 0 Å². The van der Waals surface area contributed by atoms with Crippen molar-refractivity contribution in [3.8, 4) is 11.1 Å². The fraction of sp³-hybridized carbons (Fsp3) is 0.318. The zero-order chi connectivity index (χ0) is 22.4. The van der Waals surface area contributed by atoms with E-state index in [-0.39, 0.29) is 24.9 Å². The zero-order valence-electron chi connectivity index (χ0n) is 17.2. The molecule has 2 aromatic carbocycles. The Hall–Kier alpha value is -3.47. The second-order valence-electron chi connectivity index (χ2n) is 8.04. The van der Waals surface area contributed by atoms with Crippen LogP contribution in [0.15, 0.2) is 52.4 Å². The van der Waals surface area contributed by atoms with Crippen molar-refractivity contribution in [2.75, 3.05) is 6.61 Å². The van der Waals surface area contributed by atoms with E-state index in [9.17, 15) is 15.0 Å². The number of carbonyl (C=O) groups excluding carboxylic acids is 1. The van der Waals surface area contributed by atoms with Crippen LogP contribution in [0.4, 0.5) is 5.69 Å². The normalized spacial score (nSPS) is 26.5. The molecule has 1 amide bonds. The van der Waals surface area contributed by atoms with Gasteiger partial charge in [-0.05, 0) is 40.8 Å². The summed E-state index contributed by atoms with van der Waals surface area (Å²) < 4.78 is 5.73. The Labute approximate surface area is 184 Å². The molecule has 1 fully saturated rings. The van der Waals surface area contributed by atoms with Crippen molar-refractivity contribution in [3.05, 3.63) is 53.6 Å². The number of aliphatic imine (C=N–C) groups is 2. The number of amides is 1. The molecule has 10 heteroatoms. The molecule has 0 radical (unpaired) electrons. The molecule has 32 heavy (non-hydrogen) atoms. The van der Waals surface area contributed by atoms with Gasteiger partial charge >= 0.3 is 0 Å². The third-order valence-electron chi connectivity index (χ3n) is 5.99. The van der Waals surface area contributed by atoms with Crippen LogP contribution in [0, 0.1) is 0 Å². The Morgan fingerprint density at radius 2 is 2.03 bits per heavy atom. The van der Waals surface area contributed by atoms with E-state index in [0.29, 0.717) is 5.69 Å². The topological polar surface area (TPSA) is 159 Å². The number of carbonyl (C=O) groups is 1. The van der Waals surface area contributed by atoms with Crippen LogP contribution in [0.1, 0.15) is 17.5 Å². The molecule has 10 nitrogen and oxygen atoms in total. The fourth-order valence-electron chi connectivity index (χ4n) is 4.47. The maximum absolute atomic E-state index is 12.4. The van der Waals surface area contributed by atoms with Crippen LogP contribution < -0.4 is 16.8 Å². The van der Waals surface area contributed by atoms with E-state index in [1.54, 1.807) is 0 Å². The summed E-state index contributed by atoms with van der Waals surface area (Å²) in [4.78, 5) is 22.5. The molecule has 1 unspecified atom stereocenters. The molecule has 7 N–H and O–H groups in total. The third kappa shape index (κ3) is 3.48. The van der Waals surface area contributed by atoms with Crippen LogP contribution in [0.25, 0.3) is 11.1 Å². The number of aliphatic hydroxyl groups excluding tert-OH is 2. The van der Waals surface area contributed by atoms with Crippen molar-refractivity contribution in [1.82, 2.24) is 10.2 Å². The number of benzene rings is 2. The first-order chi connectivity index (χ1) is 15.4. The van der Waals surface area contributed by atoms with Crippen LogP contribution in [-0.4, -0.2) is 64.1 Å². The Morgan fingerprint density at radius 3 is 2.75 bits per heavy atom. The van der Waals surface area contributed by atoms with Crippen LogP contribution in [0.2, 0.25) is 0 Å². The molecular weight excluding hydrogens is 412 g/mol. The minimum absolute atomic E-state index is 0.00477. The number of rotatable bonds is 4. The number of guanidine groups is 2. The van der Waals surface area contributed by atoms with Gasteiger partial charge in [0.2, 0.25) is 12.1 Å². The largest absolute Gasteiger partial charge is 0.394 e. The van der Waals surface area contributed by atoms with E-state index in [1.165, 1.54) is 16.0 Å². The predicted octanol–water partition coefficient (Wildman–Crippen LogP) is -0.255. The smallest absolute Gasteiger partial charge is 0.272 e. The average molecular weight is 436 g/mol. The molecule has 3 aliphatic rings. The summed E-state index contributed by atoms with van der Waals surface area (Å²) >= 11 is 0. The highest BCUT2D eigenvalue weighted by Gasteiger charge is 2.44. The van der Waals surface area contributed by atoms with E-state index in [2.05, 4.69) is 27.4 Å². The van der Waals surface area contributed by atoms with Gasteiger partial charge in [-0.1, -0.05) is 30.3 Å². The van der Waals surface area contributed by atoms with Gasteiger partial charge in [-0.25, -0.2) is 9.98 Å². The lowest BCUT2D eigenvalue weighted by Gasteiger charge is -2.31. The summed E-state index contributed by atoms with van der Waals surface area (Å²) in [7, 11) is 0. The van der Waals surface area contributed by atoms with Gasteiger partial charge in [0.05, 0.1) is 18.4 Å². The Morgan fingerprint density at radius 1 is 1.25 bits per heavy atom. The van der Waals surface area contributed by atoms with Crippen molar-refractivity contribution < 1.29 is 19.7 Å². The maximum atomic E-state index is 12.4. The van der Waals surface area contributed by atoms with Gasteiger partial charge in [0.1, 0.15) is 12.3 Å². The van der Waals surface area contributed by atoms with Crippen LogP contribution in [-0.2, 0) is 16.0 Å². The number of hydrogen-bond donors (Lipinski definition) is 5. The molecule has 1 saturated heterocycles. The molecule has 0 bridgehead atoms. The summed E-state index contributed by atoms with van der Waals surface area (Å²) in [5, 5.41) is 22.1. The van der Waals surface area contributed by atoms with Crippen LogP contribution in [0.5, 0.6) is 0 Å². The van der Waals surface area contributed by atoms with E-state index in [0.717, 1.165) is 17.5 Å². The molecule has 166 valence electrons. The van der Waals surface area contributed by atoms with Crippen molar-refractivity contribution >= 4 is 23.5 Å². The highest BCUT2D eigenvalue weighted by atomic mass is 16.5. The Bertz CT molecular complexity index is 1130. The molecule has 0 saturated carbocycles. The molecule has 2 heterocycles. The maximum Gasteiger partial charge on any atom is 0.272 e. The predicted molar refractivity (Wildman–Crippen MR) is 118 cm³/mol.